The molecule has 1 N–H and O–H groups in total. The van der Waals surface area contributed by atoms with E-state index in [0.29, 0.717) is 80.3 Å². The second kappa shape index (κ2) is 40.9. The Kier molecular flexibility index (Phi) is 32.4. The SMILES string of the molecule is C=CC(=O)OCCCCOCC(CCC(=O)CCOC(=O)C=C)COc1ccc(C(=O)OCCc2ccc(OC(=O)c3ccc(OCC(COCCCCOC(=O)C=C)OC(=O)CCOC(=O)C=C)cc3)c(/C=N/NC3=C=CCc4ccccc4S3)c2)cc1. The van der Waals surface area contributed by atoms with Crippen molar-refractivity contribution in [3.8, 4) is 17.2 Å². The number of fused-ring (bicyclic) bond motifs is 1. The van der Waals surface area contributed by atoms with Crippen molar-refractivity contribution in [1.29, 1.82) is 0 Å². The van der Waals surface area contributed by atoms with Crippen molar-refractivity contribution in [2.45, 2.75) is 75.2 Å². The summed E-state index contributed by atoms with van der Waals surface area (Å²) < 4.78 is 60.6. The molecule has 89 heavy (non-hydrogen) atoms. The number of esters is 7. The maximum absolute atomic E-state index is 13.7. The van der Waals surface area contributed by atoms with Gasteiger partial charge in [-0.05, 0) is 122 Å². The number of carbonyl (C=O) groups excluding carboxylic acids is 8. The molecule has 22 heteroatoms. The van der Waals surface area contributed by atoms with Crippen LogP contribution in [0, 0.1) is 5.92 Å². The molecule has 0 aromatic heterocycles. The number of ether oxygens (including phenoxy) is 11. The number of Topliss-reactive ketones (excluding diaryl/α,β-unsaturated/α-hetero) is 1. The number of hydrazone groups is 1. The van der Waals surface area contributed by atoms with Gasteiger partial charge in [0.15, 0.2) is 6.10 Å². The van der Waals surface area contributed by atoms with Gasteiger partial charge in [-0.25, -0.2) is 28.8 Å². The van der Waals surface area contributed by atoms with Crippen LogP contribution in [-0.4, -0.2) is 133 Å². The van der Waals surface area contributed by atoms with E-state index < -0.39 is 47.9 Å². The van der Waals surface area contributed by atoms with Crippen molar-refractivity contribution in [2.75, 3.05) is 72.7 Å². The Bertz CT molecular complexity index is 3130. The fraction of sp³-hybridized carbons (Fsp3) is 0.343. The number of nitrogens with zero attached hydrogens (tertiary/aromatic N) is 1. The normalized spacial score (nSPS) is 12.1. The lowest BCUT2D eigenvalue weighted by Crippen LogP contribution is -2.30. The molecule has 21 nitrogen and oxygen atoms in total. The fourth-order valence-electron chi connectivity index (χ4n) is 7.83. The summed E-state index contributed by atoms with van der Waals surface area (Å²) >= 11 is 1.47. The number of rotatable bonds is 43. The van der Waals surface area contributed by atoms with Gasteiger partial charge in [-0.15, -0.1) is 0 Å². The minimum absolute atomic E-state index is 0.00425. The van der Waals surface area contributed by atoms with Crippen LogP contribution >= 0.6 is 11.8 Å². The third-order valence-electron chi connectivity index (χ3n) is 12.6. The number of hydrogen-bond acceptors (Lipinski definition) is 22. The van der Waals surface area contributed by atoms with Gasteiger partial charge in [-0.2, -0.15) is 5.10 Å². The number of ketones is 1. The zero-order chi connectivity index (χ0) is 63.9. The maximum Gasteiger partial charge on any atom is 0.343 e. The van der Waals surface area contributed by atoms with E-state index >= 15 is 0 Å². The summed E-state index contributed by atoms with van der Waals surface area (Å²) in [7, 11) is 0. The minimum atomic E-state index is -0.867. The Morgan fingerprint density at radius 1 is 0.584 bits per heavy atom. The van der Waals surface area contributed by atoms with Crippen LogP contribution in [-0.2, 0) is 79.5 Å². The van der Waals surface area contributed by atoms with Gasteiger partial charge in [0.1, 0.15) is 41.3 Å². The molecule has 4 aromatic carbocycles. The monoisotopic (exact) mass is 1240 g/mol. The van der Waals surface area contributed by atoms with E-state index in [2.05, 4.69) is 48.6 Å². The highest BCUT2D eigenvalue weighted by Crippen LogP contribution is 2.30. The first-order valence-corrected chi connectivity index (χ1v) is 29.6. The molecule has 2 atom stereocenters. The summed E-state index contributed by atoms with van der Waals surface area (Å²) in [4.78, 5) is 98.7. The summed E-state index contributed by atoms with van der Waals surface area (Å²) in [6.07, 6.45) is 10.6. The van der Waals surface area contributed by atoms with Gasteiger partial charge in [0.2, 0.25) is 0 Å². The summed E-state index contributed by atoms with van der Waals surface area (Å²) in [5.41, 5.74) is 9.08. The maximum atomic E-state index is 13.7. The van der Waals surface area contributed by atoms with E-state index in [9.17, 15) is 38.4 Å². The van der Waals surface area contributed by atoms with Crippen LogP contribution in [0.3, 0.4) is 0 Å². The van der Waals surface area contributed by atoms with Crippen molar-refractivity contribution in [3.05, 3.63) is 186 Å². The van der Waals surface area contributed by atoms with Crippen molar-refractivity contribution < 1.29 is 90.5 Å². The number of thioether (sulfide) groups is 1. The lowest BCUT2D eigenvalue weighted by Gasteiger charge is -2.19. The van der Waals surface area contributed by atoms with E-state index in [1.54, 1.807) is 54.6 Å². The highest BCUT2D eigenvalue weighted by atomic mass is 32.2. The molecule has 1 heterocycles. The molecule has 1 aliphatic heterocycles. The van der Waals surface area contributed by atoms with Gasteiger partial charge in [-0.1, -0.05) is 68.1 Å². The van der Waals surface area contributed by atoms with Crippen LogP contribution in [0.4, 0.5) is 0 Å². The van der Waals surface area contributed by atoms with Crippen molar-refractivity contribution in [2.24, 2.45) is 11.0 Å². The molecule has 0 saturated carbocycles. The average molecular weight is 1240 g/mol. The van der Waals surface area contributed by atoms with Crippen LogP contribution in [0.1, 0.15) is 88.8 Å². The molecule has 1 aliphatic rings. The van der Waals surface area contributed by atoms with Crippen molar-refractivity contribution in [1.82, 2.24) is 5.43 Å². The van der Waals surface area contributed by atoms with Crippen LogP contribution in [0.2, 0.25) is 0 Å². The first-order chi connectivity index (χ1) is 43.2. The summed E-state index contributed by atoms with van der Waals surface area (Å²) in [5.74, 6) is -3.47. The van der Waals surface area contributed by atoms with Gasteiger partial charge in [0.25, 0.3) is 0 Å². The van der Waals surface area contributed by atoms with Crippen LogP contribution in [0.25, 0.3) is 0 Å². The van der Waals surface area contributed by atoms with Crippen LogP contribution in [0.5, 0.6) is 17.2 Å². The molecule has 0 fully saturated rings. The highest BCUT2D eigenvalue weighted by molar-refractivity contribution is 8.03. The molecule has 0 bridgehead atoms. The standard InChI is InChI=1S/C67H74N2O19S/c1-5-61(71)80-37-13-11-35-78-44-49(20-26-54(70)33-40-82-63(73)7-3)45-85-55-27-22-51(23-28-55)66(76)84-39-32-48-21-31-58(53(42-48)43-68-69-60-19-15-17-50-16-9-10-18-59(50)89-60)88-67(77)52-24-29-56(30-25-52)86-47-57(87-65(75)34-41-83-64(74)8-4)46-79-36-12-14-38-81-62(72)6-2/h5-10,15-16,18,21-25,27-31,42-43,49,57,69H,1-4,11-14,17,20,26,32-41,44-47H2/b68-43+. The number of allylic oxidation sites excluding steroid dienone is 1. The summed E-state index contributed by atoms with van der Waals surface area (Å²) in [6, 6.07) is 25.7. The van der Waals surface area contributed by atoms with E-state index in [0.717, 1.165) is 40.3 Å². The fourth-order valence-corrected chi connectivity index (χ4v) is 8.72. The van der Waals surface area contributed by atoms with Gasteiger partial charge in [-0.3, -0.25) is 15.0 Å². The van der Waals surface area contributed by atoms with Gasteiger partial charge in [0, 0.05) is 73.2 Å². The second-order valence-corrected chi connectivity index (χ2v) is 20.4. The Labute approximate surface area is 521 Å². The molecule has 5 rings (SSSR count). The Morgan fingerprint density at radius 3 is 1.80 bits per heavy atom. The van der Waals surface area contributed by atoms with E-state index in [1.165, 1.54) is 30.1 Å². The predicted octanol–water partition coefficient (Wildman–Crippen LogP) is 9.50. The Hall–Kier alpha value is -9.34. The lowest BCUT2D eigenvalue weighted by molar-refractivity contribution is -0.156. The molecular weight excluding hydrogens is 1170 g/mol. The molecule has 2 unspecified atom stereocenters. The van der Waals surface area contributed by atoms with Gasteiger partial charge in [0.05, 0.1) is 70.0 Å². The number of unbranched alkanes of at least 4 members (excludes halogenated alkanes) is 2. The van der Waals surface area contributed by atoms with Crippen LogP contribution in [0.15, 0.2) is 168 Å². The molecule has 0 aliphatic carbocycles. The smallest absolute Gasteiger partial charge is 0.343 e. The van der Waals surface area contributed by atoms with Gasteiger partial charge >= 0.3 is 41.8 Å². The Balaban J connectivity index is 1.18. The molecule has 0 radical (unpaired) electrons. The molecule has 0 saturated heterocycles. The molecule has 4 aromatic rings. The number of carbonyl (C=O) groups is 8. The zero-order valence-electron chi connectivity index (χ0n) is 49.6. The first-order valence-electron chi connectivity index (χ1n) is 28.8. The average Bonchev–Trinajstić information content (AvgIpc) is 4.03. The predicted molar refractivity (Wildman–Crippen MR) is 329 cm³/mol. The molecule has 0 spiro atoms. The summed E-state index contributed by atoms with van der Waals surface area (Å²) in [6.45, 7) is 14.6. The second-order valence-electron chi connectivity index (χ2n) is 19.4. The first kappa shape index (κ1) is 70.4. The number of nitrogens with one attached hydrogen (secondary N) is 1. The zero-order valence-corrected chi connectivity index (χ0v) is 50.4. The van der Waals surface area contributed by atoms with E-state index in [-0.39, 0.29) is 107 Å². The largest absolute Gasteiger partial charge is 0.493 e. The number of hydrogen-bond donors (Lipinski definition) is 1. The lowest BCUT2D eigenvalue weighted by atomic mass is 10.0. The third kappa shape index (κ3) is 28.4. The number of benzene rings is 4. The Morgan fingerprint density at radius 2 is 1.16 bits per heavy atom. The van der Waals surface area contributed by atoms with Crippen LogP contribution < -0.4 is 19.6 Å². The third-order valence-corrected chi connectivity index (χ3v) is 13.6. The molecular formula is C67H74N2O19S. The molecule has 472 valence electrons. The highest BCUT2D eigenvalue weighted by Gasteiger charge is 2.20. The quantitative estimate of drug-likeness (QED) is 0.00632. The topological polar surface area (TPSA) is 262 Å². The van der Waals surface area contributed by atoms with Gasteiger partial charge < -0.3 is 52.1 Å². The minimum Gasteiger partial charge on any atom is -0.493 e. The van der Waals surface area contributed by atoms with Crippen molar-refractivity contribution in [3.63, 3.8) is 0 Å². The molecule has 0 amide bonds. The summed E-state index contributed by atoms with van der Waals surface area (Å²) in [5, 5.41) is 5.13. The van der Waals surface area contributed by atoms with E-state index in [1.807, 2.05) is 24.3 Å². The van der Waals surface area contributed by atoms with E-state index in [4.69, 9.17) is 52.1 Å². The van der Waals surface area contributed by atoms with Crippen molar-refractivity contribution >= 4 is 65.5 Å².